The van der Waals surface area contributed by atoms with E-state index < -0.39 is 0 Å². The molecule has 1 saturated heterocycles. The second-order valence-electron chi connectivity index (χ2n) is 7.43. The number of anilines is 3. The van der Waals surface area contributed by atoms with Crippen LogP contribution in [0.15, 0.2) is 30.3 Å². The quantitative estimate of drug-likeness (QED) is 0.738. The molecule has 3 rings (SSSR count). The summed E-state index contributed by atoms with van der Waals surface area (Å²) in [7, 11) is 0. The molecule has 0 spiro atoms. The van der Waals surface area contributed by atoms with Crippen LogP contribution < -0.4 is 14.7 Å². The Morgan fingerprint density at radius 3 is 2.19 bits per heavy atom. The molecule has 0 bridgehead atoms. The number of benzene rings is 1. The Morgan fingerprint density at radius 2 is 1.56 bits per heavy atom. The molecule has 1 aromatic heterocycles. The second-order valence-corrected chi connectivity index (χ2v) is 7.43. The number of nitrogens with zero attached hydrogens (tertiary/aromatic N) is 5. The zero-order valence-electron chi connectivity index (χ0n) is 17.3. The summed E-state index contributed by atoms with van der Waals surface area (Å²) in [6.07, 6.45) is 2.26. The van der Waals surface area contributed by atoms with Crippen molar-refractivity contribution >= 4 is 17.3 Å². The van der Waals surface area contributed by atoms with Gasteiger partial charge in [-0.15, -0.1) is 0 Å². The predicted octanol–water partition coefficient (Wildman–Crippen LogP) is 4.05. The normalized spacial score (nSPS) is 14.5. The Balaban J connectivity index is 1.72. The van der Waals surface area contributed by atoms with Crippen LogP contribution in [0, 0.1) is 13.8 Å². The molecule has 0 saturated carbocycles. The van der Waals surface area contributed by atoms with Gasteiger partial charge in [0.1, 0.15) is 17.5 Å². The molecule has 0 aliphatic carbocycles. The van der Waals surface area contributed by atoms with Crippen molar-refractivity contribution in [3.63, 3.8) is 0 Å². The molecular weight excluding hydrogens is 334 g/mol. The van der Waals surface area contributed by atoms with E-state index in [4.69, 9.17) is 9.97 Å². The zero-order valence-corrected chi connectivity index (χ0v) is 17.3. The van der Waals surface area contributed by atoms with Crippen LogP contribution in [-0.4, -0.2) is 49.2 Å². The van der Waals surface area contributed by atoms with Crippen LogP contribution in [0.25, 0.3) is 0 Å². The zero-order chi connectivity index (χ0) is 19.2. The number of aromatic nitrogens is 2. The molecule has 1 fully saturated rings. The first-order valence-corrected chi connectivity index (χ1v) is 10.3. The Labute approximate surface area is 164 Å². The Bertz CT molecular complexity index is 731. The van der Waals surface area contributed by atoms with Crippen molar-refractivity contribution in [2.45, 2.75) is 40.5 Å². The molecule has 0 radical (unpaired) electrons. The van der Waals surface area contributed by atoms with Crippen LogP contribution in [0.2, 0.25) is 0 Å². The third-order valence-electron chi connectivity index (χ3n) is 5.09. The van der Waals surface area contributed by atoms with E-state index in [0.717, 1.165) is 69.6 Å². The van der Waals surface area contributed by atoms with Gasteiger partial charge in [-0.25, -0.2) is 9.97 Å². The number of aryl methyl sites for hydroxylation is 2. The Morgan fingerprint density at radius 1 is 0.889 bits per heavy atom. The summed E-state index contributed by atoms with van der Waals surface area (Å²) in [5.74, 6) is 3.00. The van der Waals surface area contributed by atoms with Gasteiger partial charge in [0.2, 0.25) is 0 Å². The summed E-state index contributed by atoms with van der Waals surface area (Å²) in [6.45, 7) is 14.7. The van der Waals surface area contributed by atoms with Gasteiger partial charge in [-0.05, 0) is 44.4 Å². The minimum absolute atomic E-state index is 0.862. The third kappa shape index (κ3) is 4.90. The summed E-state index contributed by atoms with van der Waals surface area (Å²) >= 11 is 0. The van der Waals surface area contributed by atoms with Gasteiger partial charge in [0.05, 0.1) is 0 Å². The van der Waals surface area contributed by atoms with Crippen molar-refractivity contribution in [1.29, 1.82) is 0 Å². The first-order valence-electron chi connectivity index (χ1n) is 10.3. The van der Waals surface area contributed by atoms with E-state index in [-0.39, 0.29) is 0 Å². The van der Waals surface area contributed by atoms with Crippen molar-refractivity contribution in [2.24, 2.45) is 0 Å². The molecule has 146 valence electrons. The molecule has 2 heterocycles. The summed E-state index contributed by atoms with van der Waals surface area (Å²) in [5, 5.41) is 0. The molecule has 0 atom stereocenters. The van der Waals surface area contributed by atoms with Crippen molar-refractivity contribution in [3.8, 4) is 0 Å². The maximum Gasteiger partial charge on any atom is 0.134 e. The maximum absolute atomic E-state index is 4.74. The van der Waals surface area contributed by atoms with E-state index in [9.17, 15) is 0 Å². The van der Waals surface area contributed by atoms with E-state index in [1.165, 1.54) is 11.3 Å². The van der Waals surface area contributed by atoms with Gasteiger partial charge in [0, 0.05) is 51.0 Å². The number of rotatable bonds is 7. The molecule has 1 aliphatic heterocycles. The van der Waals surface area contributed by atoms with Crippen molar-refractivity contribution in [3.05, 3.63) is 41.7 Å². The molecular formula is C22H33N5. The largest absolute Gasteiger partial charge is 0.368 e. The van der Waals surface area contributed by atoms with Crippen molar-refractivity contribution < 1.29 is 0 Å². The van der Waals surface area contributed by atoms with Crippen LogP contribution >= 0.6 is 0 Å². The smallest absolute Gasteiger partial charge is 0.134 e. The van der Waals surface area contributed by atoms with E-state index in [0.29, 0.717) is 0 Å². The molecule has 5 nitrogen and oxygen atoms in total. The second kappa shape index (κ2) is 9.07. The standard InChI is InChI=1S/C22H33N5/c1-5-10-26(11-6-2)21-17-22(24-19(4)23-21)27-14-12-25(13-15-27)20-9-7-8-18(3)16-20/h7-9,16-17H,5-6,10-15H2,1-4H3. The minimum Gasteiger partial charge on any atom is -0.368 e. The summed E-state index contributed by atoms with van der Waals surface area (Å²) in [4.78, 5) is 16.7. The van der Waals surface area contributed by atoms with Gasteiger partial charge >= 0.3 is 0 Å². The van der Waals surface area contributed by atoms with Gasteiger partial charge in [0.15, 0.2) is 0 Å². The van der Waals surface area contributed by atoms with Crippen LogP contribution in [0.4, 0.5) is 17.3 Å². The fourth-order valence-corrected chi connectivity index (χ4v) is 3.76. The van der Waals surface area contributed by atoms with Crippen LogP contribution in [-0.2, 0) is 0 Å². The fourth-order valence-electron chi connectivity index (χ4n) is 3.76. The van der Waals surface area contributed by atoms with Gasteiger partial charge in [-0.3, -0.25) is 0 Å². The summed E-state index contributed by atoms with van der Waals surface area (Å²) in [5.41, 5.74) is 2.64. The molecule has 27 heavy (non-hydrogen) atoms. The van der Waals surface area contributed by atoms with Crippen LogP contribution in [0.3, 0.4) is 0 Å². The lowest BCUT2D eigenvalue weighted by Crippen LogP contribution is -2.47. The Hall–Kier alpha value is -2.30. The molecule has 0 unspecified atom stereocenters. The number of piperazine rings is 1. The topological polar surface area (TPSA) is 35.5 Å². The van der Waals surface area contributed by atoms with Crippen LogP contribution in [0.1, 0.15) is 38.1 Å². The lowest BCUT2D eigenvalue weighted by molar-refractivity contribution is 0.644. The van der Waals surface area contributed by atoms with Gasteiger partial charge in [0.25, 0.3) is 0 Å². The summed E-state index contributed by atoms with van der Waals surface area (Å²) in [6, 6.07) is 11.0. The van der Waals surface area contributed by atoms with E-state index >= 15 is 0 Å². The Kier molecular flexibility index (Phi) is 6.54. The van der Waals surface area contributed by atoms with Crippen LogP contribution in [0.5, 0.6) is 0 Å². The average Bonchev–Trinajstić information content (AvgIpc) is 2.67. The van der Waals surface area contributed by atoms with Gasteiger partial charge in [-0.2, -0.15) is 0 Å². The fraction of sp³-hybridized carbons (Fsp3) is 0.545. The highest BCUT2D eigenvalue weighted by atomic mass is 15.3. The summed E-state index contributed by atoms with van der Waals surface area (Å²) < 4.78 is 0. The molecule has 5 heteroatoms. The predicted molar refractivity (Wildman–Crippen MR) is 115 cm³/mol. The molecule has 0 N–H and O–H groups in total. The monoisotopic (exact) mass is 367 g/mol. The van der Waals surface area contributed by atoms with Crippen molar-refractivity contribution in [1.82, 2.24) is 9.97 Å². The molecule has 1 aromatic carbocycles. The highest BCUT2D eigenvalue weighted by molar-refractivity contribution is 5.54. The minimum atomic E-state index is 0.862. The van der Waals surface area contributed by atoms with E-state index in [1.54, 1.807) is 0 Å². The lowest BCUT2D eigenvalue weighted by atomic mass is 10.2. The van der Waals surface area contributed by atoms with E-state index in [2.05, 4.69) is 65.8 Å². The van der Waals surface area contributed by atoms with Crippen molar-refractivity contribution in [2.75, 3.05) is 54.0 Å². The first-order chi connectivity index (χ1) is 13.1. The lowest BCUT2D eigenvalue weighted by Gasteiger charge is -2.37. The molecule has 0 amide bonds. The number of hydrogen-bond donors (Lipinski definition) is 0. The molecule has 2 aromatic rings. The average molecular weight is 368 g/mol. The third-order valence-corrected chi connectivity index (χ3v) is 5.09. The highest BCUT2D eigenvalue weighted by Crippen LogP contribution is 2.23. The maximum atomic E-state index is 4.74. The van der Waals surface area contributed by atoms with Gasteiger partial charge < -0.3 is 14.7 Å². The molecule has 1 aliphatic rings. The first kappa shape index (κ1) is 19.5. The number of hydrogen-bond acceptors (Lipinski definition) is 5. The van der Waals surface area contributed by atoms with E-state index in [1.807, 2.05) is 6.92 Å². The van der Waals surface area contributed by atoms with Gasteiger partial charge in [-0.1, -0.05) is 26.0 Å². The SMILES string of the molecule is CCCN(CCC)c1cc(N2CCN(c3cccc(C)c3)CC2)nc(C)n1. The highest BCUT2D eigenvalue weighted by Gasteiger charge is 2.20.